The van der Waals surface area contributed by atoms with Crippen molar-refractivity contribution in [3.05, 3.63) is 29.8 Å². The second kappa shape index (κ2) is 5.16. The average Bonchev–Trinajstić information content (AvgIpc) is 2.62. The standard InChI is InChI=1S/C17H26N2/c1-14(18)15-8-4-5-9-16(15)19-12-17(13-19)10-6-2-3-7-11-17/h4-5,8-9,14H,2-3,6-7,10-13,18H2,1H3. The lowest BCUT2D eigenvalue weighted by Gasteiger charge is -2.52. The van der Waals surface area contributed by atoms with Gasteiger partial charge in [0, 0.05) is 30.2 Å². The van der Waals surface area contributed by atoms with Gasteiger partial charge in [-0.1, -0.05) is 43.9 Å². The number of hydrogen-bond donors (Lipinski definition) is 1. The summed E-state index contributed by atoms with van der Waals surface area (Å²) in [5.74, 6) is 0. The Balaban J connectivity index is 1.73. The van der Waals surface area contributed by atoms with Gasteiger partial charge >= 0.3 is 0 Å². The van der Waals surface area contributed by atoms with Crippen molar-refractivity contribution in [3.8, 4) is 0 Å². The van der Waals surface area contributed by atoms with Gasteiger partial charge in [0.15, 0.2) is 0 Å². The van der Waals surface area contributed by atoms with Crippen LogP contribution in [0.5, 0.6) is 0 Å². The molecule has 1 aromatic carbocycles. The molecule has 1 spiro atoms. The lowest BCUT2D eigenvalue weighted by Crippen LogP contribution is -2.56. The number of rotatable bonds is 2. The first-order valence-corrected chi connectivity index (χ1v) is 7.80. The van der Waals surface area contributed by atoms with Crippen LogP contribution in [-0.4, -0.2) is 13.1 Å². The summed E-state index contributed by atoms with van der Waals surface area (Å²) in [4.78, 5) is 2.55. The molecule has 1 saturated heterocycles. The Morgan fingerprint density at radius 3 is 2.32 bits per heavy atom. The van der Waals surface area contributed by atoms with Gasteiger partial charge in [0.1, 0.15) is 0 Å². The summed E-state index contributed by atoms with van der Waals surface area (Å²) < 4.78 is 0. The van der Waals surface area contributed by atoms with Crippen molar-refractivity contribution in [1.82, 2.24) is 0 Å². The van der Waals surface area contributed by atoms with Crippen LogP contribution >= 0.6 is 0 Å². The molecule has 1 aliphatic carbocycles. The van der Waals surface area contributed by atoms with E-state index in [0.717, 1.165) is 0 Å². The van der Waals surface area contributed by atoms with E-state index in [1.165, 1.54) is 62.9 Å². The molecule has 1 heterocycles. The summed E-state index contributed by atoms with van der Waals surface area (Å²) in [7, 11) is 0. The monoisotopic (exact) mass is 258 g/mol. The summed E-state index contributed by atoms with van der Waals surface area (Å²) in [5, 5.41) is 0. The maximum atomic E-state index is 6.10. The Morgan fingerprint density at radius 1 is 1.05 bits per heavy atom. The fourth-order valence-corrected chi connectivity index (χ4v) is 3.89. The predicted molar refractivity (Wildman–Crippen MR) is 81.4 cm³/mol. The van der Waals surface area contributed by atoms with Crippen LogP contribution in [0.25, 0.3) is 0 Å². The van der Waals surface area contributed by atoms with Crippen molar-refractivity contribution in [2.75, 3.05) is 18.0 Å². The second-order valence-corrected chi connectivity index (χ2v) is 6.62. The first-order valence-electron chi connectivity index (χ1n) is 7.80. The zero-order chi connectivity index (χ0) is 13.3. The van der Waals surface area contributed by atoms with Crippen LogP contribution < -0.4 is 10.6 Å². The zero-order valence-electron chi connectivity index (χ0n) is 12.1. The minimum Gasteiger partial charge on any atom is -0.370 e. The van der Waals surface area contributed by atoms with Crippen molar-refractivity contribution in [2.45, 2.75) is 51.5 Å². The molecule has 1 aliphatic heterocycles. The summed E-state index contributed by atoms with van der Waals surface area (Å²) in [6.07, 6.45) is 8.62. The van der Waals surface area contributed by atoms with Gasteiger partial charge in [0.25, 0.3) is 0 Å². The van der Waals surface area contributed by atoms with Crippen LogP contribution in [0.4, 0.5) is 5.69 Å². The minimum atomic E-state index is 0.127. The molecule has 1 unspecified atom stereocenters. The van der Waals surface area contributed by atoms with E-state index in [9.17, 15) is 0 Å². The van der Waals surface area contributed by atoms with Crippen LogP contribution in [0.3, 0.4) is 0 Å². The third-order valence-corrected chi connectivity index (χ3v) is 4.98. The van der Waals surface area contributed by atoms with Gasteiger partial charge in [-0.05, 0) is 31.4 Å². The van der Waals surface area contributed by atoms with Crippen LogP contribution in [-0.2, 0) is 0 Å². The molecule has 1 atom stereocenters. The van der Waals surface area contributed by atoms with Gasteiger partial charge in [0.2, 0.25) is 0 Å². The van der Waals surface area contributed by atoms with E-state index in [4.69, 9.17) is 5.73 Å². The Labute approximate surface area is 117 Å². The maximum absolute atomic E-state index is 6.10. The van der Waals surface area contributed by atoms with Gasteiger partial charge in [-0.15, -0.1) is 0 Å². The highest BCUT2D eigenvalue weighted by molar-refractivity contribution is 5.57. The van der Waals surface area contributed by atoms with E-state index >= 15 is 0 Å². The Morgan fingerprint density at radius 2 is 1.68 bits per heavy atom. The summed E-state index contributed by atoms with van der Waals surface area (Å²) in [5.41, 5.74) is 9.39. The van der Waals surface area contributed by atoms with Gasteiger partial charge < -0.3 is 10.6 Å². The van der Waals surface area contributed by atoms with Crippen LogP contribution in [0.1, 0.15) is 57.1 Å². The number of benzene rings is 1. The molecule has 0 radical (unpaired) electrons. The maximum Gasteiger partial charge on any atom is 0.0414 e. The number of hydrogen-bond acceptors (Lipinski definition) is 2. The van der Waals surface area contributed by atoms with Crippen LogP contribution in [0, 0.1) is 5.41 Å². The highest BCUT2D eigenvalue weighted by atomic mass is 15.2. The molecule has 1 saturated carbocycles. The minimum absolute atomic E-state index is 0.127. The first kappa shape index (κ1) is 13.0. The average molecular weight is 258 g/mol. The highest BCUT2D eigenvalue weighted by Gasteiger charge is 2.43. The normalized spacial score (nSPS) is 23.8. The molecule has 3 rings (SSSR count). The quantitative estimate of drug-likeness (QED) is 0.872. The molecule has 2 aliphatic rings. The Bertz CT molecular complexity index is 423. The number of nitrogens with zero attached hydrogens (tertiary/aromatic N) is 1. The summed E-state index contributed by atoms with van der Waals surface area (Å²) in [6.45, 7) is 4.58. The lowest BCUT2D eigenvalue weighted by atomic mass is 9.73. The van der Waals surface area contributed by atoms with Gasteiger partial charge in [-0.3, -0.25) is 0 Å². The fraction of sp³-hybridized carbons (Fsp3) is 0.647. The van der Waals surface area contributed by atoms with Gasteiger partial charge in [-0.2, -0.15) is 0 Å². The molecule has 2 fully saturated rings. The molecular weight excluding hydrogens is 232 g/mol. The first-order chi connectivity index (χ1) is 9.20. The summed E-state index contributed by atoms with van der Waals surface area (Å²) >= 11 is 0. The molecule has 104 valence electrons. The molecule has 19 heavy (non-hydrogen) atoms. The van der Waals surface area contributed by atoms with Crippen molar-refractivity contribution < 1.29 is 0 Å². The molecule has 0 amide bonds. The van der Waals surface area contributed by atoms with Crippen molar-refractivity contribution >= 4 is 5.69 Å². The van der Waals surface area contributed by atoms with Crippen LogP contribution in [0.2, 0.25) is 0 Å². The topological polar surface area (TPSA) is 29.3 Å². The lowest BCUT2D eigenvalue weighted by molar-refractivity contribution is 0.180. The predicted octanol–water partition coefficient (Wildman–Crippen LogP) is 3.87. The smallest absolute Gasteiger partial charge is 0.0414 e. The zero-order valence-corrected chi connectivity index (χ0v) is 12.1. The van der Waals surface area contributed by atoms with Gasteiger partial charge in [0.05, 0.1) is 0 Å². The largest absolute Gasteiger partial charge is 0.370 e. The fourth-order valence-electron chi connectivity index (χ4n) is 3.89. The van der Waals surface area contributed by atoms with E-state index < -0.39 is 0 Å². The van der Waals surface area contributed by atoms with E-state index in [0.29, 0.717) is 5.41 Å². The van der Waals surface area contributed by atoms with Crippen molar-refractivity contribution in [3.63, 3.8) is 0 Å². The molecule has 2 nitrogen and oxygen atoms in total. The number of anilines is 1. The third-order valence-electron chi connectivity index (χ3n) is 4.98. The molecule has 0 aromatic heterocycles. The SMILES string of the molecule is CC(N)c1ccccc1N1CC2(CCCCCC2)C1. The summed E-state index contributed by atoms with van der Waals surface area (Å²) in [6, 6.07) is 8.78. The second-order valence-electron chi connectivity index (χ2n) is 6.62. The molecule has 2 heteroatoms. The van der Waals surface area contributed by atoms with E-state index in [2.05, 4.69) is 36.1 Å². The van der Waals surface area contributed by atoms with Crippen molar-refractivity contribution in [2.24, 2.45) is 11.1 Å². The molecule has 0 bridgehead atoms. The van der Waals surface area contributed by atoms with Gasteiger partial charge in [-0.25, -0.2) is 0 Å². The number of para-hydroxylation sites is 1. The van der Waals surface area contributed by atoms with E-state index in [1.54, 1.807) is 0 Å². The molecule has 1 aromatic rings. The van der Waals surface area contributed by atoms with Crippen LogP contribution in [0.15, 0.2) is 24.3 Å². The highest BCUT2D eigenvalue weighted by Crippen LogP contribution is 2.45. The Kier molecular flexibility index (Phi) is 3.53. The molecule has 2 N–H and O–H groups in total. The molecular formula is C17H26N2. The van der Waals surface area contributed by atoms with Crippen molar-refractivity contribution in [1.29, 1.82) is 0 Å². The van der Waals surface area contributed by atoms with E-state index in [-0.39, 0.29) is 6.04 Å². The van der Waals surface area contributed by atoms with E-state index in [1.807, 2.05) is 0 Å². The third kappa shape index (κ3) is 2.51. The number of nitrogens with two attached hydrogens (primary N) is 1. The Hall–Kier alpha value is -1.02.